The van der Waals surface area contributed by atoms with Crippen molar-refractivity contribution in [2.24, 2.45) is 0 Å². The summed E-state index contributed by atoms with van der Waals surface area (Å²) in [6, 6.07) is 16.3. The second-order valence-corrected chi connectivity index (χ2v) is 7.19. The Morgan fingerprint density at radius 2 is 1.83 bits per heavy atom. The van der Waals surface area contributed by atoms with E-state index in [2.05, 4.69) is 22.3 Å². The number of aliphatic hydroxyl groups is 1. The van der Waals surface area contributed by atoms with Gasteiger partial charge in [0.25, 0.3) is 0 Å². The highest BCUT2D eigenvalue weighted by molar-refractivity contribution is 6.30. The Morgan fingerprint density at radius 1 is 1.10 bits per heavy atom. The van der Waals surface area contributed by atoms with E-state index in [-0.39, 0.29) is 6.61 Å². The molecule has 0 aliphatic rings. The van der Waals surface area contributed by atoms with Gasteiger partial charge in [0.2, 0.25) is 0 Å². The average Bonchev–Trinajstić information content (AvgIpc) is 3.07. The summed E-state index contributed by atoms with van der Waals surface area (Å²) in [5.74, 6) is 1.01. The van der Waals surface area contributed by atoms with E-state index in [1.807, 2.05) is 24.0 Å². The Morgan fingerprint density at radius 3 is 2.50 bits per heavy atom. The van der Waals surface area contributed by atoms with Gasteiger partial charge >= 0.3 is 0 Å². The largest absolute Gasteiger partial charge is 0.453 e. The number of nitriles is 2. The van der Waals surface area contributed by atoms with E-state index >= 15 is 0 Å². The molecule has 0 saturated carbocycles. The number of rotatable bonds is 8. The number of hydrogen-bond acceptors (Lipinski definition) is 6. The second kappa shape index (κ2) is 9.91. The van der Waals surface area contributed by atoms with Crippen molar-refractivity contribution >= 4 is 11.6 Å². The summed E-state index contributed by atoms with van der Waals surface area (Å²) in [6.07, 6.45) is 0. The third kappa shape index (κ3) is 5.37. The number of aliphatic hydroxyl groups excluding tert-OH is 1. The molecule has 2 aromatic carbocycles. The number of aromatic amines is 1. The van der Waals surface area contributed by atoms with Gasteiger partial charge in [0, 0.05) is 24.7 Å². The molecule has 0 aliphatic carbocycles. The van der Waals surface area contributed by atoms with Crippen molar-refractivity contribution < 1.29 is 9.84 Å². The van der Waals surface area contributed by atoms with E-state index < -0.39 is 0 Å². The highest BCUT2D eigenvalue weighted by atomic mass is 35.5. The van der Waals surface area contributed by atoms with Gasteiger partial charge in [-0.1, -0.05) is 23.7 Å². The molecule has 1 heterocycles. The monoisotopic (exact) mass is 421 g/mol. The number of ether oxygens (including phenoxy) is 1. The summed E-state index contributed by atoms with van der Waals surface area (Å²) >= 11 is 6.08. The molecule has 152 valence electrons. The van der Waals surface area contributed by atoms with Crippen molar-refractivity contribution in [3.8, 4) is 23.6 Å². The normalized spacial score (nSPS) is 10.6. The maximum atomic E-state index is 9.48. The molecule has 0 fully saturated rings. The first-order valence-electron chi connectivity index (χ1n) is 9.27. The average molecular weight is 422 g/mol. The molecule has 0 aliphatic heterocycles. The molecule has 30 heavy (non-hydrogen) atoms. The summed E-state index contributed by atoms with van der Waals surface area (Å²) in [4.78, 5) is 2.03. The van der Waals surface area contributed by atoms with Gasteiger partial charge in [-0.3, -0.25) is 10.00 Å². The van der Waals surface area contributed by atoms with Crippen molar-refractivity contribution in [3.63, 3.8) is 0 Å². The predicted octanol–water partition coefficient (Wildman–Crippen LogP) is 3.90. The van der Waals surface area contributed by atoms with Crippen LogP contribution in [0, 0.1) is 29.6 Å². The fourth-order valence-corrected chi connectivity index (χ4v) is 3.25. The van der Waals surface area contributed by atoms with Gasteiger partial charge in [-0.15, -0.1) is 0 Å². The summed E-state index contributed by atoms with van der Waals surface area (Å²) in [5, 5.41) is 35.3. The molecule has 0 amide bonds. The molecule has 2 N–H and O–H groups in total. The molecule has 0 saturated heterocycles. The van der Waals surface area contributed by atoms with Crippen LogP contribution in [0.5, 0.6) is 11.5 Å². The van der Waals surface area contributed by atoms with Crippen LogP contribution in [0.25, 0.3) is 0 Å². The lowest BCUT2D eigenvalue weighted by Crippen LogP contribution is -2.26. The zero-order chi connectivity index (χ0) is 21.5. The van der Waals surface area contributed by atoms with Gasteiger partial charge in [-0.2, -0.15) is 15.6 Å². The third-order valence-corrected chi connectivity index (χ3v) is 4.68. The maximum Gasteiger partial charge on any atom is 0.172 e. The zero-order valence-corrected chi connectivity index (χ0v) is 17.1. The van der Waals surface area contributed by atoms with Crippen LogP contribution in [0.3, 0.4) is 0 Å². The first-order chi connectivity index (χ1) is 14.5. The van der Waals surface area contributed by atoms with Crippen LogP contribution in [-0.4, -0.2) is 33.4 Å². The van der Waals surface area contributed by atoms with Crippen LogP contribution in [0.4, 0.5) is 0 Å². The van der Waals surface area contributed by atoms with Crippen LogP contribution >= 0.6 is 11.6 Å². The van der Waals surface area contributed by atoms with E-state index in [1.54, 1.807) is 30.3 Å². The SMILES string of the molecule is Cc1[nH]nc(CN(CCO)Cc2ccc(C#N)cc2)c1Oc1cc(Cl)cc(C#N)c1. The number of nitrogens with zero attached hydrogens (tertiary/aromatic N) is 4. The number of benzene rings is 2. The molecular formula is C22H20ClN5O2. The quantitative estimate of drug-likeness (QED) is 0.570. The highest BCUT2D eigenvalue weighted by Crippen LogP contribution is 2.31. The lowest BCUT2D eigenvalue weighted by molar-refractivity contribution is 0.181. The summed E-state index contributed by atoms with van der Waals surface area (Å²) < 4.78 is 6.01. The van der Waals surface area contributed by atoms with Gasteiger partial charge in [0.15, 0.2) is 5.75 Å². The number of hydrogen-bond donors (Lipinski definition) is 2. The first-order valence-corrected chi connectivity index (χ1v) is 9.65. The molecular weight excluding hydrogens is 402 g/mol. The molecule has 3 rings (SSSR count). The topological polar surface area (TPSA) is 109 Å². The maximum absolute atomic E-state index is 9.48. The number of nitrogens with one attached hydrogen (secondary N) is 1. The van der Waals surface area contributed by atoms with E-state index in [0.717, 1.165) is 11.3 Å². The van der Waals surface area contributed by atoms with Gasteiger partial charge < -0.3 is 9.84 Å². The van der Waals surface area contributed by atoms with E-state index in [9.17, 15) is 5.11 Å². The standard InChI is InChI=1S/C22H20ClN5O2/c1-15-22(30-20-9-18(12-25)8-19(23)10-20)21(27-26-15)14-28(6-7-29)13-17-4-2-16(11-24)3-5-17/h2-5,8-10,29H,6-7,13-14H2,1H3,(H,26,27). The lowest BCUT2D eigenvalue weighted by Gasteiger charge is -2.21. The molecule has 0 spiro atoms. The van der Waals surface area contributed by atoms with Crippen molar-refractivity contribution in [1.82, 2.24) is 15.1 Å². The van der Waals surface area contributed by atoms with Gasteiger partial charge in [-0.05, 0) is 42.8 Å². The van der Waals surface area contributed by atoms with Crippen LogP contribution in [-0.2, 0) is 13.1 Å². The smallest absolute Gasteiger partial charge is 0.172 e. The molecule has 0 radical (unpaired) electrons. The number of aromatic nitrogens is 2. The third-order valence-electron chi connectivity index (χ3n) is 4.46. The van der Waals surface area contributed by atoms with Gasteiger partial charge in [0.05, 0.1) is 35.6 Å². The summed E-state index contributed by atoms with van der Waals surface area (Å²) in [7, 11) is 0. The fraction of sp³-hybridized carbons (Fsp3) is 0.227. The Kier molecular flexibility index (Phi) is 7.05. The minimum atomic E-state index is -0.00427. The first kappa shape index (κ1) is 21.4. The summed E-state index contributed by atoms with van der Waals surface area (Å²) in [6.45, 7) is 3.30. The van der Waals surface area contributed by atoms with Crippen molar-refractivity contribution in [1.29, 1.82) is 10.5 Å². The Labute approximate surface area is 179 Å². The zero-order valence-electron chi connectivity index (χ0n) is 16.4. The minimum Gasteiger partial charge on any atom is -0.453 e. The highest BCUT2D eigenvalue weighted by Gasteiger charge is 2.17. The van der Waals surface area contributed by atoms with Crippen molar-refractivity contribution in [2.45, 2.75) is 20.0 Å². The van der Waals surface area contributed by atoms with Gasteiger partial charge in [-0.25, -0.2) is 0 Å². The number of H-pyrrole nitrogens is 1. The number of aryl methyl sites for hydroxylation is 1. The molecule has 7 nitrogen and oxygen atoms in total. The van der Waals surface area contributed by atoms with Crippen molar-refractivity contribution in [2.75, 3.05) is 13.2 Å². The molecule has 0 bridgehead atoms. The van der Waals surface area contributed by atoms with Gasteiger partial charge in [0.1, 0.15) is 11.4 Å². The van der Waals surface area contributed by atoms with Crippen LogP contribution in [0.2, 0.25) is 5.02 Å². The Bertz CT molecular complexity index is 1100. The Hall–Kier alpha value is -3.36. The second-order valence-electron chi connectivity index (χ2n) is 6.76. The predicted molar refractivity (Wildman–Crippen MR) is 112 cm³/mol. The Balaban J connectivity index is 1.80. The van der Waals surface area contributed by atoms with Crippen molar-refractivity contribution in [3.05, 3.63) is 75.6 Å². The lowest BCUT2D eigenvalue weighted by atomic mass is 10.1. The molecule has 8 heteroatoms. The van der Waals surface area contributed by atoms with E-state index in [4.69, 9.17) is 26.9 Å². The molecule has 1 aromatic heterocycles. The fourth-order valence-electron chi connectivity index (χ4n) is 3.03. The molecule has 0 atom stereocenters. The van der Waals surface area contributed by atoms with E-state index in [0.29, 0.717) is 53.0 Å². The van der Waals surface area contributed by atoms with Crippen LogP contribution in [0.15, 0.2) is 42.5 Å². The molecule has 0 unspecified atom stereocenters. The minimum absolute atomic E-state index is 0.00427. The van der Waals surface area contributed by atoms with Crippen LogP contribution < -0.4 is 4.74 Å². The number of halogens is 1. The summed E-state index contributed by atoms with van der Waals surface area (Å²) in [5.41, 5.74) is 3.44. The van der Waals surface area contributed by atoms with E-state index in [1.165, 1.54) is 0 Å². The van der Waals surface area contributed by atoms with Crippen LogP contribution in [0.1, 0.15) is 28.1 Å². The molecule has 3 aromatic rings.